The standard InChI is InChI=1S/C10H17NOS/c1-2-3-4-5-6-10(12)9-7-13-8-11-9/h7-8,10,12H,2-6H2,1H3. The first-order chi connectivity index (χ1) is 6.34. The lowest BCUT2D eigenvalue weighted by molar-refractivity contribution is 0.159. The second kappa shape index (κ2) is 6.11. The highest BCUT2D eigenvalue weighted by Crippen LogP contribution is 2.19. The Hall–Kier alpha value is -0.410. The van der Waals surface area contributed by atoms with Crippen molar-refractivity contribution in [3.05, 3.63) is 16.6 Å². The molecule has 0 saturated carbocycles. The van der Waals surface area contributed by atoms with E-state index < -0.39 is 0 Å². The molecule has 1 heterocycles. The van der Waals surface area contributed by atoms with Crippen LogP contribution >= 0.6 is 11.3 Å². The van der Waals surface area contributed by atoms with Gasteiger partial charge in [-0.25, -0.2) is 4.98 Å². The van der Waals surface area contributed by atoms with Crippen molar-refractivity contribution in [1.29, 1.82) is 0 Å². The van der Waals surface area contributed by atoms with Gasteiger partial charge in [-0.05, 0) is 6.42 Å². The van der Waals surface area contributed by atoms with Gasteiger partial charge in [-0.1, -0.05) is 32.6 Å². The normalized spacial score (nSPS) is 13.1. The van der Waals surface area contributed by atoms with Gasteiger partial charge in [0.25, 0.3) is 0 Å². The summed E-state index contributed by atoms with van der Waals surface area (Å²) in [6.45, 7) is 2.19. The van der Waals surface area contributed by atoms with Gasteiger partial charge < -0.3 is 5.11 Å². The second-order valence-corrected chi connectivity index (χ2v) is 4.00. The Morgan fingerprint density at radius 1 is 1.46 bits per heavy atom. The molecule has 0 saturated heterocycles. The summed E-state index contributed by atoms with van der Waals surface area (Å²) in [6.07, 6.45) is 5.34. The molecule has 0 aromatic carbocycles. The summed E-state index contributed by atoms with van der Waals surface area (Å²) in [7, 11) is 0. The van der Waals surface area contributed by atoms with Crippen molar-refractivity contribution >= 4 is 11.3 Å². The predicted molar refractivity (Wildman–Crippen MR) is 55.8 cm³/mol. The number of aromatic nitrogens is 1. The Morgan fingerprint density at radius 3 is 2.92 bits per heavy atom. The molecule has 2 nitrogen and oxygen atoms in total. The topological polar surface area (TPSA) is 33.1 Å². The minimum absolute atomic E-state index is 0.344. The fraction of sp³-hybridized carbons (Fsp3) is 0.700. The molecule has 1 atom stereocenters. The van der Waals surface area contributed by atoms with Crippen LogP contribution in [0.1, 0.15) is 50.8 Å². The van der Waals surface area contributed by atoms with E-state index in [0.717, 1.165) is 18.5 Å². The quantitative estimate of drug-likeness (QED) is 0.714. The van der Waals surface area contributed by atoms with E-state index in [1.165, 1.54) is 19.3 Å². The maximum Gasteiger partial charge on any atom is 0.0968 e. The average molecular weight is 199 g/mol. The molecule has 0 aliphatic rings. The number of unbranched alkanes of at least 4 members (excludes halogenated alkanes) is 3. The Balaban J connectivity index is 2.15. The summed E-state index contributed by atoms with van der Waals surface area (Å²) in [4.78, 5) is 4.08. The SMILES string of the molecule is CCCCCCC(O)c1cscn1. The van der Waals surface area contributed by atoms with Gasteiger partial charge in [0.05, 0.1) is 17.3 Å². The van der Waals surface area contributed by atoms with E-state index in [0.29, 0.717) is 0 Å². The van der Waals surface area contributed by atoms with Crippen molar-refractivity contribution in [3.8, 4) is 0 Å². The van der Waals surface area contributed by atoms with E-state index in [4.69, 9.17) is 0 Å². The minimum atomic E-state index is -0.344. The van der Waals surface area contributed by atoms with Gasteiger partial charge in [-0.3, -0.25) is 0 Å². The van der Waals surface area contributed by atoms with E-state index in [1.54, 1.807) is 16.8 Å². The third-order valence-electron chi connectivity index (χ3n) is 2.12. The molecule has 0 aliphatic carbocycles. The van der Waals surface area contributed by atoms with Crippen LogP contribution in [0, 0.1) is 0 Å². The summed E-state index contributed by atoms with van der Waals surface area (Å²) < 4.78 is 0. The van der Waals surface area contributed by atoms with Crippen molar-refractivity contribution in [2.45, 2.75) is 45.1 Å². The minimum Gasteiger partial charge on any atom is -0.387 e. The van der Waals surface area contributed by atoms with Crippen LogP contribution < -0.4 is 0 Å². The zero-order chi connectivity index (χ0) is 9.52. The number of nitrogens with zero attached hydrogens (tertiary/aromatic N) is 1. The number of hydrogen-bond acceptors (Lipinski definition) is 3. The van der Waals surface area contributed by atoms with Crippen LogP contribution in [0.15, 0.2) is 10.9 Å². The Bertz CT molecular complexity index is 211. The van der Waals surface area contributed by atoms with E-state index in [1.807, 2.05) is 5.38 Å². The number of aliphatic hydroxyl groups is 1. The molecule has 1 aromatic heterocycles. The van der Waals surface area contributed by atoms with Crippen LogP contribution in [0.4, 0.5) is 0 Å². The van der Waals surface area contributed by atoms with Crippen molar-refractivity contribution in [1.82, 2.24) is 4.98 Å². The summed E-state index contributed by atoms with van der Waals surface area (Å²) in [5, 5.41) is 11.6. The van der Waals surface area contributed by atoms with E-state index in [-0.39, 0.29) is 6.10 Å². The van der Waals surface area contributed by atoms with Crippen molar-refractivity contribution in [3.63, 3.8) is 0 Å². The van der Waals surface area contributed by atoms with Gasteiger partial charge in [0, 0.05) is 5.38 Å². The maximum atomic E-state index is 9.65. The van der Waals surface area contributed by atoms with Gasteiger partial charge in [-0.15, -0.1) is 11.3 Å². The molecule has 0 aliphatic heterocycles. The molecule has 1 aromatic rings. The lowest BCUT2D eigenvalue weighted by atomic mass is 10.1. The fourth-order valence-corrected chi connectivity index (χ4v) is 1.90. The molecule has 0 bridgehead atoms. The van der Waals surface area contributed by atoms with Crippen molar-refractivity contribution in [2.75, 3.05) is 0 Å². The van der Waals surface area contributed by atoms with E-state index >= 15 is 0 Å². The van der Waals surface area contributed by atoms with Crippen LogP contribution in [0.3, 0.4) is 0 Å². The highest BCUT2D eigenvalue weighted by Gasteiger charge is 2.07. The van der Waals surface area contributed by atoms with Gasteiger partial charge >= 0.3 is 0 Å². The van der Waals surface area contributed by atoms with Gasteiger partial charge in [0.15, 0.2) is 0 Å². The van der Waals surface area contributed by atoms with E-state index in [9.17, 15) is 5.11 Å². The number of hydrogen-bond donors (Lipinski definition) is 1. The summed E-state index contributed by atoms with van der Waals surface area (Å²) in [5.74, 6) is 0. The predicted octanol–water partition coefficient (Wildman–Crippen LogP) is 3.15. The molecule has 0 fully saturated rings. The van der Waals surface area contributed by atoms with Crippen LogP contribution in [-0.2, 0) is 0 Å². The average Bonchev–Trinajstić information content (AvgIpc) is 2.65. The lowest BCUT2D eigenvalue weighted by Gasteiger charge is -2.06. The Morgan fingerprint density at radius 2 is 2.31 bits per heavy atom. The van der Waals surface area contributed by atoms with Crippen LogP contribution in [0.2, 0.25) is 0 Å². The molecule has 1 unspecified atom stereocenters. The highest BCUT2D eigenvalue weighted by atomic mass is 32.1. The van der Waals surface area contributed by atoms with Crippen molar-refractivity contribution < 1.29 is 5.11 Å². The monoisotopic (exact) mass is 199 g/mol. The first-order valence-electron chi connectivity index (χ1n) is 4.90. The summed E-state index contributed by atoms with van der Waals surface area (Å²) in [6, 6.07) is 0. The maximum absolute atomic E-state index is 9.65. The fourth-order valence-electron chi connectivity index (χ4n) is 1.30. The lowest BCUT2D eigenvalue weighted by Crippen LogP contribution is -1.97. The molecule has 13 heavy (non-hydrogen) atoms. The zero-order valence-electron chi connectivity index (χ0n) is 8.07. The smallest absolute Gasteiger partial charge is 0.0968 e. The molecule has 1 rings (SSSR count). The van der Waals surface area contributed by atoms with Gasteiger partial charge in [-0.2, -0.15) is 0 Å². The number of rotatable bonds is 6. The third-order valence-corrected chi connectivity index (χ3v) is 2.73. The first-order valence-corrected chi connectivity index (χ1v) is 5.85. The van der Waals surface area contributed by atoms with E-state index in [2.05, 4.69) is 11.9 Å². The van der Waals surface area contributed by atoms with Gasteiger partial charge in [0.2, 0.25) is 0 Å². The molecular weight excluding hydrogens is 182 g/mol. The summed E-state index contributed by atoms with van der Waals surface area (Å²) >= 11 is 1.54. The van der Waals surface area contributed by atoms with Crippen LogP contribution in [-0.4, -0.2) is 10.1 Å². The first kappa shape index (κ1) is 10.7. The molecule has 0 radical (unpaired) electrons. The molecule has 0 amide bonds. The number of thiazole rings is 1. The van der Waals surface area contributed by atoms with Crippen LogP contribution in [0.25, 0.3) is 0 Å². The zero-order valence-corrected chi connectivity index (χ0v) is 8.89. The molecule has 0 spiro atoms. The molecule has 74 valence electrons. The second-order valence-electron chi connectivity index (χ2n) is 3.28. The van der Waals surface area contributed by atoms with Gasteiger partial charge in [0.1, 0.15) is 0 Å². The Labute approximate surface area is 83.6 Å². The largest absolute Gasteiger partial charge is 0.387 e. The molecular formula is C10H17NOS. The van der Waals surface area contributed by atoms with Crippen LogP contribution in [0.5, 0.6) is 0 Å². The van der Waals surface area contributed by atoms with Crippen molar-refractivity contribution in [2.24, 2.45) is 0 Å². The number of aliphatic hydroxyl groups excluding tert-OH is 1. The highest BCUT2D eigenvalue weighted by molar-refractivity contribution is 7.07. The molecule has 3 heteroatoms. The Kier molecular flexibility index (Phi) is 5.01. The third kappa shape index (κ3) is 3.87. The molecule has 1 N–H and O–H groups in total. The summed E-state index contributed by atoms with van der Waals surface area (Å²) in [5.41, 5.74) is 2.60.